The van der Waals surface area contributed by atoms with Gasteiger partial charge in [0.25, 0.3) is 5.91 Å². The van der Waals surface area contributed by atoms with Gasteiger partial charge in [-0.15, -0.1) is 0 Å². The molecule has 1 fully saturated rings. The maximum absolute atomic E-state index is 12.4. The lowest BCUT2D eigenvalue weighted by atomic mass is 10.2. The Morgan fingerprint density at radius 2 is 1.72 bits per heavy atom. The molecule has 2 aromatic rings. The summed E-state index contributed by atoms with van der Waals surface area (Å²) in [6.45, 7) is 0. The van der Waals surface area contributed by atoms with Crippen LogP contribution in [0.1, 0.15) is 11.1 Å². The first kappa shape index (κ1) is 17.0. The van der Waals surface area contributed by atoms with Gasteiger partial charge < -0.3 is 15.3 Å². The monoisotopic (exact) mass is 372 g/mol. The first-order valence-corrected chi connectivity index (χ1v) is 8.29. The van der Waals surface area contributed by atoms with Gasteiger partial charge in [-0.2, -0.15) is 10.1 Å². The summed E-state index contributed by atoms with van der Waals surface area (Å²) >= 11 is 6.28. The molecule has 8 heteroatoms. The van der Waals surface area contributed by atoms with Gasteiger partial charge in [0, 0.05) is 11.6 Å². The predicted molar refractivity (Wildman–Crippen MR) is 100 cm³/mol. The van der Waals surface area contributed by atoms with Crippen LogP contribution in [0.2, 0.25) is 0 Å². The molecular weight excluding hydrogens is 360 g/mol. The Morgan fingerprint density at radius 1 is 1.04 bits per heavy atom. The number of carbonyl (C=O) groups excluding carboxylic acids is 1. The van der Waals surface area contributed by atoms with Gasteiger partial charge in [0.05, 0.1) is 11.1 Å². The molecule has 1 amide bonds. The van der Waals surface area contributed by atoms with Gasteiger partial charge in [-0.1, -0.05) is 23.9 Å². The molecule has 0 aromatic heterocycles. The van der Waals surface area contributed by atoms with Crippen LogP contribution < -0.4 is 0 Å². The number of thioether (sulfide) groups is 1. The summed E-state index contributed by atoms with van der Waals surface area (Å²) in [5, 5.41) is 33.4. The third-order valence-corrected chi connectivity index (χ3v) is 4.57. The van der Waals surface area contributed by atoms with E-state index in [2.05, 4.69) is 5.10 Å². The Balaban J connectivity index is 1.81. The first-order valence-electron chi connectivity index (χ1n) is 7.07. The molecular formula is C17H12N2O4S2. The summed E-state index contributed by atoms with van der Waals surface area (Å²) in [6, 6.07) is 10.5. The van der Waals surface area contributed by atoms with Crippen molar-refractivity contribution in [2.75, 3.05) is 0 Å². The van der Waals surface area contributed by atoms with E-state index in [4.69, 9.17) is 12.2 Å². The van der Waals surface area contributed by atoms with E-state index in [1.807, 2.05) is 0 Å². The van der Waals surface area contributed by atoms with E-state index in [0.29, 0.717) is 10.5 Å². The number of phenols is 3. The highest BCUT2D eigenvalue weighted by Gasteiger charge is 2.32. The quantitative estimate of drug-likeness (QED) is 0.436. The largest absolute Gasteiger partial charge is 0.508 e. The summed E-state index contributed by atoms with van der Waals surface area (Å²) in [6.07, 6.45) is 2.95. The van der Waals surface area contributed by atoms with Gasteiger partial charge in [-0.05, 0) is 48.1 Å². The lowest BCUT2D eigenvalue weighted by Crippen LogP contribution is -2.22. The van der Waals surface area contributed by atoms with Gasteiger partial charge >= 0.3 is 0 Å². The second-order valence-electron chi connectivity index (χ2n) is 5.07. The molecule has 0 radical (unpaired) electrons. The third kappa shape index (κ3) is 3.81. The molecule has 3 N–H and O–H groups in total. The summed E-state index contributed by atoms with van der Waals surface area (Å²) in [5.41, 5.74) is 1.09. The highest BCUT2D eigenvalue weighted by molar-refractivity contribution is 8.26. The normalized spacial score (nSPS) is 16.3. The predicted octanol–water partition coefficient (Wildman–Crippen LogP) is 3.04. The lowest BCUT2D eigenvalue weighted by Gasteiger charge is -2.06. The van der Waals surface area contributed by atoms with Crippen LogP contribution in [0, 0.1) is 0 Å². The smallest absolute Gasteiger partial charge is 0.286 e. The van der Waals surface area contributed by atoms with Gasteiger partial charge in [0.15, 0.2) is 4.32 Å². The van der Waals surface area contributed by atoms with Crippen molar-refractivity contribution < 1.29 is 20.1 Å². The topological polar surface area (TPSA) is 93.4 Å². The van der Waals surface area contributed by atoms with E-state index in [0.717, 1.165) is 22.3 Å². The molecule has 3 rings (SSSR count). The minimum atomic E-state index is -0.377. The Kier molecular flexibility index (Phi) is 4.73. The number of benzene rings is 2. The van der Waals surface area contributed by atoms with Crippen LogP contribution in [-0.2, 0) is 4.79 Å². The standard InChI is InChI=1S/C17H12N2O4S2/c20-12-4-1-10(2-5-12)7-15-16(23)19(17(24)25-15)18-9-11-3-6-13(21)8-14(11)22/h1-9,20-22H/b15-7+,18-9+. The maximum atomic E-state index is 12.4. The number of carbonyl (C=O) groups is 1. The molecule has 6 nitrogen and oxygen atoms in total. The van der Waals surface area contributed by atoms with Crippen LogP contribution in [-0.4, -0.2) is 36.8 Å². The third-order valence-electron chi connectivity index (χ3n) is 3.29. The molecule has 2 aromatic carbocycles. The van der Waals surface area contributed by atoms with Crippen molar-refractivity contribution in [1.82, 2.24) is 5.01 Å². The zero-order valence-corrected chi connectivity index (χ0v) is 14.3. The summed E-state index contributed by atoms with van der Waals surface area (Å²) in [5.74, 6) is -0.466. The van der Waals surface area contributed by atoms with E-state index >= 15 is 0 Å². The molecule has 0 aliphatic carbocycles. The van der Waals surface area contributed by atoms with Gasteiger partial charge in [-0.25, -0.2) is 0 Å². The second kappa shape index (κ2) is 6.96. The van der Waals surface area contributed by atoms with Crippen LogP contribution in [0.25, 0.3) is 6.08 Å². The molecule has 0 saturated carbocycles. The molecule has 126 valence electrons. The summed E-state index contributed by atoms with van der Waals surface area (Å²) < 4.78 is 0.268. The number of nitrogens with zero attached hydrogens (tertiary/aromatic N) is 2. The average molecular weight is 372 g/mol. The highest BCUT2D eigenvalue weighted by Crippen LogP contribution is 2.33. The molecule has 1 heterocycles. The van der Waals surface area contributed by atoms with E-state index < -0.39 is 0 Å². The molecule has 0 unspecified atom stereocenters. The van der Waals surface area contributed by atoms with Gasteiger partial charge in [-0.3, -0.25) is 4.79 Å². The van der Waals surface area contributed by atoms with Crippen molar-refractivity contribution in [1.29, 1.82) is 0 Å². The molecule has 1 saturated heterocycles. The number of aromatic hydroxyl groups is 3. The maximum Gasteiger partial charge on any atom is 0.286 e. The Morgan fingerprint density at radius 3 is 2.40 bits per heavy atom. The SMILES string of the molecule is O=C1/C(=C\c2ccc(O)cc2)SC(=S)N1/N=C/c1ccc(O)cc1O. The van der Waals surface area contributed by atoms with Crippen molar-refractivity contribution in [3.05, 3.63) is 58.5 Å². The molecule has 0 atom stereocenters. The molecule has 25 heavy (non-hydrogen) atoms. The number of thiocarbonyl (C=S) groups is 1. The van der Waals surface area contributed by atoms with Crippen molar-refractivity contribution >= 4 is 46.5 Å². The zero-order valence-electron chi connectivity index (χ0n) is 12.7. The van der Waals surface area contributed by atoms with Crippen LogP contribution in [0.15, 0.2) is 52.5 Å². The van der Waals surface area contributed by atoms with E-state index in [9.17, 15) is 20.1 Å². The molecule has 0 spiro atoms. The average Bonchev–Trinajstić information content (AvgIpc) is 2.83. The van der Waals surface area contributed by atoms with Gasteiger partial charge in [0.1, 0.15) is 17.2 Å². The van der Waals surface area contributed by atoms with Crippen LogP contribution in [0.4, 0.5) is 0 Å². The second-order valence-corrected chi connectivity index (χ2v) is 6.75. The number of amides is 1. The van der Waals surface area contributed by atoms with E-state index in [1.54, 1.807) is 18.2 Å². The van der Waals surface area contributed by atoms with Crippen molar-refractivity contribution in [3.63, 3.8) is 0 Å². The molecule has 0 bridgehead atoms. The number of hydrogen-bond acceptors (Lipinski definition) is 7. The van der Waals surface area contributed by atoms with Crippen LogP contribution in [0.5, 0.6) is 17.2 Å². The minimum absolute atomic E-state index is 0.0721. The van der Waals surface area contributed by atoms with Crippen LogP contribution in [0.3, 0.4) is 0 Å². The van der Waals surface area contributed by atoms with Crippen molar-refractivity contribution in [3.8, 4) is 17.2 Å². The number of hydrogen-bond donors (Lipinski definition) is 3. The lowest BCUT2D eigenvalue weighted by molar-refractivity contribution is -0.122. The molecule has 1 aliphatic heterocycles. The summed E-state index contributed by atoms with van der Waals surface area (Å²) in [4.78, 5) is 12.8. The van der Waals surface area contributed by atoms with Crippen molar-refractivity contribution in [2.45, 2.75) is 0 Å². The fourth-order valence-electron chi connectivity index (χ4n) is 2.04. The highest BCUT2D eigenvalue weighted by atomic mass is 32.2. The number of rotatable bonds is 3. The number of hydrazone groups is 1. The fourth-order valence-corrected chi connectivity index (χ4v) is 3.21. The minimum Gasteiger partial charge on any atom is -0.508 e. The number of phenolic OH excluding ortho intramolecular Hbond substituents is 3. The Labute approximate surface area is 152 Å². The van der Waals surface area contributed by atoms with E-state index in [1.165, 1.54) is 36.5 Å². The van der Waals surface area contributed by atoms with E-state index in [-0.39, 0.29) is 27.5 Å². The Bertz CT molecular complexity index is 907. The van der Waals surface area contributed by atoms with Crippen molar-refractivity contribution in [2.24, 2.45) is 5.10 Å². The van der Waals surface area contributed by atoms with Crippen LogP contribution >= 0.6 is 24.0 Å². The molecule has 1 aliphatic rings. The Hall–Kier alpha value is -2.84. The summed E-state index contributed by atoms with van der Waals surface area (Å²) in [7, 11) is 0. The fraction of sp³-hybridized carbons (Fsp3) is 0. The first-order chi connectivity index (χ1) is 11.9. The zero-order chi connectivity index (χ0) is 18.0. The van der Waals surface area contributed by atoms with Gasteiger partial charge in [0.2, 0.25) is 0 Å².